The lowest BCUT2D eigenvalue weighted by Crippen LogP contribution is -2.71. The number of anilines is 1. The van der Waals surface area contributed by atoms with Crippen molar-refractivity contribution in [1.82, 2.24) is 30.1 Å². The number of carbonyl (C=O) groups excluding carboxylic acids is 1. The van der Waals surface area contributed by atoms with Crippen LogP contribution in [0.4, 0.5) is 41.2 Å². The molecular weight excluding hydrogens is 503 g/mol. The number of hydrogen-bond donors (Lipinski definition) is 1. The molecule has 0 radical (unpaired) electrons. The van der Waals surface area contributed by atoms with Crippen molar-refractivity contribution in [3.63, 3.8) is 0 Å². The Bertz CT molecular complexity index is 1320. The molecule has 2 bridgehead atoms. The Balaban J connectivity index is 1.47. The number of benzene rings is 1. The van der Waals surface area contributed by atoms with Crippen LogP contribution >= 0.6 is 0 Å². The predicted molar refractivity (Wildman–Crippen MR) is 105 cm³/mol. The smallest absolute Gasteiger partial charge is 0.418 e. The maximum absolute atomic E-state index is 13.5. The average molecular weight is 519 g/mol. The van der Waals surface area contributed by atoms with E-state index in [1.165, 1.54) is 6.92 Å². The van der Waals surface area contributed by atoms with E-state index in [2.05, 4.69) is 25.7 Å². The van der Waals surface area contributed by atoms with Gasteiger partial charge in [0.05, 0.1) is 11.5 Å². The Kier molecular flexibility index (Phi) is 5.26. The van der Waals surface area contributed by atoms with Crippen LogP contribution in [0.2, 0.25) is 0 Å². The van der Waals surface area contributed by atoms with Crippen LogP contribution in [-0.2, 0) is 11.7 Å². The standard InChI is InChI=1S/C20H16F7N7O2/c1-9-30-31-16(36-9)18-6-10(19(22,23)24)4-12(7-18)33(18)17(35)29-11-2-3-13(20(25,26)27)14(5-11)34-28-8-15(21)32-34/h2-3,5,8,10,12H,4,6-7H2,1H3,(H,29,35)/t10-,12+,18-/m0/s1. The number of rotatable bonds is 3. The Labute approximate surface area is 197 Å². The molecule has 1 aliphatic carbocycles. The van der Waals surface area contributed by atoms with Crippen LogP contribution in [0.5, 0.6) is 0 Å². The minimum atomic E-state index is -4.84. The van der Waals surface area contributed by atoms with Crippen LogP contribution in [0, 0.1) is 18.8 Å². The number of likely N-dealkylation sites (tertiary alicyclic amines) is 1. The fraction of sp³-hybridized carbons (Fsp3) is 0.450. The van der Waals surface area contributed by atoms with Gasteiger partial charge in [-0.1, -0.05) is 0 Å². The van der Waals surface area contributed by atoms with Crippen molar-refractivity contribution in [2.24, 2.45) is 5.92 Å². The number of aromatic nitrogens is 5. The van der Waals surface area contributed by atoms with Gasteiger partial charge < -0.3 is 14.6 Å². The van der Waals surface area contributed by atoms with E-state index in [9.17, 15) is 35.5 Å². The molecule has 5 rings (SSSR count). The highest BCUT2D eigenvalue weighted by atomic mass is 19.4. The van der Waals surface area contributed by atoms with Gasteiger partial charge in [-0.05, 0) is 31.0 Å². The van der Waals surface area contributed by atoms with Crippen LogP contribution in [0.1, 0.15) is 36.6 Å². The second kappa shape index (κ2) is 7.89. The lowest BCUT2D eigenvalue weighted by molar-refractivity contribution is -0.229. The van der Waals surface area contributed by atoms with Crippen molar-refractivity contribution in [2.45, 2.75) is 50.1 Å². The van der Waals surface area contributed by atoms with E-state index < -0.39 is 59.5 Å². The number of carbonyl (C=O) groups is 1. The summed E-state index contributed by atoms with van der Waals surface area (Å²) in [4.78, 5) is 14.8. The molecule has 9 nitrogen and oxygen atoms in total. The molecule has 3 heterocycles. The van der Waals surface area contributed by atoms with Crippen LogP contribution in [-0.4, -0.2) is 48.3 Å². The highest BCUT2D eigenvalue weighted by molar-refractivity contribution is 5.91. The highest BCUT2D eigenvalue weighted by Crippen LogP contribution is 2.58. The summed E-state index contributed by atoms with van der Waals surface area (Å²) in [5.41, 5.74) is -3.51. The van der Waals surface area contributed by atoms with Crippen molar-refractivity contribution in [3.05, 3.63) is 47.7 Å². The van der Waals surface area contributed by atoms with Gasteiger partial charge in [-0.3, -0.25) is 0 Å². The third-order valence-corrected chi connectivity index (χ3v) is 6.38. The second-order valence-electron chi connectivity index (χ2n) is 8.68. The van der Waals surface area contributed by atoms with E-state index in [0.717, 1.165) is 17.0 Å². The summed E-state index contributed by atoms with van der Waals surface area (Å²) in [6.45, 7) is 1.45. The third-order valence-electron chi connectivity index (χ3n) is 6.38. The molecule has 1 aromatic carbocycles. The zero-order valence-corrected chi connectivity index (χ0v) is 18.2. The molecule has 36 heavy (non-hydrogen) atoms. The van der Waals surface area contributed by atoms with Gasteiger partial charge >= 0.3 is 18.4 Å². The lowest BCUT2D eigenvalue weighted by Gasteiger charge is -2.61. The summed E-state index contributed by atoms with van der Waals surface area (Å²) in [5.74, 6) is -2.87. The molecule has 2 fully saturated rings. The summed E-state index contributed by atoms with van der Waals surface area (Å²) in [7, 11) is 0. The summed E-state index contributed by atoms with van der Waals surface area (Å²) >= 11 is 0. The molecule has 3 aromatic rings. The number of amides is 2. The van der Waals surface area contributed by atoms with Gasteiger partial charge in [0.15, 0.2) is 0 Å². The monoisotopic (exact) mass is 519 g/mol. The van der Waals surface area contributed by atoms with Crippen molar-refractivity contribution >= 4 is 11.7 Å². The quantitative estimate of drug-likeness (QED) is 0.508. The molecule has 192 valence electrons. The van der Waals surface area contributed by atoms with Gasteiger partial charge in [-0.2, -0.15) is 35.8 Å². The highest BCUT2D eigenvalue weighted by Gasteiger charge is 2.66. The van der Waals surface area contributed by atoms with Crippen LogP contribution in [0.25, 0.3) is 5.69 Å². The molecule has 2 amide bonds. The number of halogens is 7. The van der Waals surface area contributed by atoms with E-state index in [0.29, 0.717) is 17.1 Å². The summed E-state index contributed by atoms with van der Waals surface area (Å²) in [6.07, 6.45) is -9.43. The number of hydrogen-bond acceptors (Lipinski definition) is 6. The number of alkyl halides is 6. The number of piperidine rings is 1. The first kappa shape index (κ1) is 24.0. The largest absolute Gasteiger partial charge is 0.423 e. The molecule has 0 spiro atoms. The first-order chi connectivity index (χ1) is 16.8. The average Bonchev–Trinajstić information content (AvgIpc) is 3.40. The molecule has 1 N–H and O–H groups in total. The Morgan fingerprint density at radius 1 is 1.17 bits per heavy atom. The molecule has 0 unspecified atom stereocenters. The Hall–Kier alpha value is -3.72. The predicted octanol–water partition coefficient (Wildman–Crippen LogP) is 4.59. The number of nitrogens with zero attached hydrogens (tertiary/aromatic N) is 6. The van der Waals surface area contributed by atoms with Gasteiger partial charge in [0.25, 0.3) is 5.95 Å². The maximum atomic E-state index is 13.5. The summed E-state index contributed by atoms with van der Waals surface area (Å²) < 4.78 is 99.7. The van der Waals surface area contributed by atoms with Gasteiger partial charge in [-0.15, -0.1) is 20.1 Å². The minimum Gasteiger partial charge on any atom is -0.423 e. The normalized spacial score (nSPS) is 23.9. The van der Waals surface area contributed by atoms with Gasteiger partial charge in [0, 0.05) is 25.1 Å². The zero-order valence-electron chi connectivity index (χ0n) is 18.2. The van der Waals surface area contributed by atoms with Crippen molar-refractivity contribution in [1.29, 1.82) is 0 Å². The van der Waals surface area contributed by atoms with Crippen LogP contribution in [0.15, 0.2) is 28.8 Å². The van der Waals surface area contributed by atoms with Crippen LogP contribution < -0.4 is 5.32 Å². The molecule has 1 saturated heterocycles. The van der Waals surface area contributed by atoms with Gasteiger partial charge in [0.1, 0.15) is 17.4 Å². The van der Waals surface area contributed by atoms with E-state index in [4.69, 9.17) is 4.42 Å². The maximum Gasteiger partial charge on any atom is 0.418 e. The molecule has 3 atom stereocenters. The third kappa shape index (κ3) is 3.93. The fourth-order valence-corrected chi connectivity index (χ4v) is 4.94. The molecule has 2 aliphatic rings. The summed E-state index contributed by atoms with van der Waals surface area (Å²) in [6, 6.07) is 0.820. The number of fused-ring (bicyclic) bond motifs is 2. The van der Waals surface area contributed by atoms with E-state index in [1.54, 1.807) is 0 Å². The first-order valence-corrected chi connectivity index (χ1v) is 10.5. The summed E-state index contributed by atoms with van der Waals surface area (Å²) in [5, 5.41) is 16.6. The lowest BCUT2D eigenvalue weighted by atomic mass is 9.63. The molecule has 16 heteroatoms. The second-order valence-corrected chi connectivity index (χ2v) is 8.68. The molecule has 2 aromatic heterocycles. The van der Waals surface area contributed by atoms with E-state index in [-0.39, 0.29) is 30.3 Å². The first-order valence-electron chi connectivity index (χ1n) is 10.5. The van der Waals surface area contributed by atoms with E-state index >= 15 is 0 Å². The number of aryl methyl sites for hydroxylation is 1. The number of nitrogens with one attached hydrogen (secondary N) is 1. The molecule has 1 aliphatic heterocycles. The van der Waals surface area contributed by atoms with Crippen molar-refractivity contribution < 1.29 is 39.9 Å². The molecule has 1 saturated carbocycles. The van der Waals surface area contributed by atoms with Crippen molar-refractivity contribution in [3.8, 4) is 5.69 Å². The Morgan fingerprint density at radius 3 is 2.50 bits per heavy atom. The topological polar surface area (TPSA) is 102 Å². The van der Waals surface area contributed by atoms with Gasteiger partial charge in [-0.25, -0.2) is 4.79 Å². The van der Waals surface area contributed by atoms with Crippen LogP contribution in [0.3, 0.4) is 0 Å². The molecular formula is C20H16F7N7O2. The SMILES string of the molecule is Cc1nnc([C@@]23C[C@@H](C[C@H](C(F)(F)F)C2)N3C(=O)Nc2ccc(C(F)(F)F)c(-n3ncc(F)n3)c2)o1. The van der Waals surface area contributed by atoms with E-state index in [1.807, 2.05) is 0 Å². The zero-order chi connectivity index (χ0) is 26.0. The Morgan fingerprint density at radius 2 is 1.92 bits per heavy atom. The number of urea groups is 1. The minimum absolute atomic E-state index is 0.101. The van der Waals surface area contributed by atoms with Gasteiger partial charge in [0.2, 0.25) is 11.8 Å². The van der Waals surface area contributed by atoms with Crippen molar-refractivity contribution in [2.75, 3.05) is 5.32 Å². The fourth-order valence-electron chi connectivity index (χ4n) is 4.94.